The third-order valence-electron chi connectivity index (χ3n) is 2.47. The Morgan fingerprint density at radius 1 is 1.37 bits per heavy atom. The van der Waals surface area contributed by atoms with Gasteiger partial charge < -0.3 is 9.84 Å². The van der Waals surface area contributed by atoms with Crippen molar-refractivity contribution in [2.45, 2.75) is 13.3 Å². The maximum Gasteiger partial charge on any atom is 0.226 e. The van der Waals surface area contributed by atoms with Crippen LogP contribution >= 0.6 is 0 Å². The highest BCUT2D eigenvalue weighted by atomic mass is 19.1. The lowest BCUT2D eigenvalue weighted by molar-refractivity contribution is -0.120. The summed E-state index contributed by atoms with van der Waals surface area (Å²) in [6, 6.07) is 4.62. The van der Waals surface area contributed by atoms with Crippen molar-refractivity contribution in [3.63, 3.8) is 0 Å². The molecular formula is C13H12F2N2O2. The van der Waals surface area contributed by atoms with Crippen molar-refractivity contribution in [2.24, 2.45) is 0 Å². The maximum atomic E-state index is 13.5. The highest BCUT2D eigenvalue weighted by molar-refractivity contribution is 5.78. The smallest absolute Gasteiger partial charge is 0.226 e. The number of nitrogens with zero attached hydrogens (tertiary/aromatic N) is 1. The van der Waals surface area contributed by atoms with Crippen LogP contribution in [0.1, 0.15) is 12.6 Å². The van der Waals surface area contributed by atoms with Gasteiger partial charge in [-0.3, -0.25) is 4.79 Å². The van der Waals surface area contributed by atoms with E-state index in [1.165, 1.54) is 12.1 Å². The summed E-state index contributed by atoms with van der Waals surface area (Å²) in [5.41, 5.74) is 0.501. The molecule has 0 aliphatic carbocycles. The fourth-order valence-corrected chi connectivity index (χ4v) is 1.64. The SMILES string of the molecule is CCNC(=O)Cc1cc(-c2ccc(F)cc2F)on1. The molecule has 0 radical (unpaired) electrons. The molecule has 0 bridgehead atoms. The highest BCUT2D eigenvalue weighted by Crippen LogP contribution is 2.24. The van der Waals surface area contributed by atoms with Crippen LogP contribution in [0.5, 0.6) is 0 Å². The van der Waals surface area contributed by atoms with E-state index in [-0.39, 0.29) is 23.7 Å². The molecule has 0 saturated carbocycles. The number of nitrogens with one attached hydrogen (secondary N) is 1. The molecule has 1 amide bonds. The summed E-state index contributed by atoms with van der Waals surface area (Å²) >= 11 is 0. The van der Waals surface area contributed by atoms with E-state index in [0.29, 0.717) is 12.2 Å². The summed E-state index contributed by atoms with van der Waals surface area (Å²) in [4.78, 5) is 11.4. The third-order valence-corrected chi connectivity index (χ3v) is 2.47. The first kappa shape index (κ1) is 13.2. The van der Waals surface area contributed by atoms with Crippen molar-refractivity contribution >= 4 is 5.91 Å². The predicted molar refractivity (Wildman–Crippen MR) is 64.2 cm³/mol. The molecule has 0 spiro atoms. The van der Waals surface area contributed by atoms with E-state index in [2.05, 4.69) is 10.5 Å². The molecule has 1 aromatic heterocycles. The molecule has 2 rings (SSSR count). The molecule has 0 aliphatic heterocycles. The molecule has 0 saturated heterocycles. The summed E-state index contributed by atoms with van der Waals surface area (Å²) in [7, 11) is 0. The lowest BCUT2D eigenvalue weighted by atomic mass is 10.1. The molecule has 1 N–H and O–H groups in total. The van der Waals surface area contributed by atoms with Crippen LogP contribution in [-0.4, -0.2) is 17.6 Å². The quantitative estimate of drug-likeness (QED) is 0.923. The zero-order chi connectivity index (χ0) is 13.8. The number of likely N-dealkylation sites (N-methyl/N-ethyl adjacent to an activating group) is 1. The highest BCUT2D eigenvalue weighted by Gasteiger charge is 2.13. The van der Waals surface area contributed by atoms with Crippen LogP contribution in [0.3, 0.4) is 0 Å². The Hall–Kier alpha value is -2.24. The van der Waals surface area contributed by atoms with Crippen LogP contribution in [0.4, 0.5) is 8.78 Å². The van der Waals surface area contributed by atoms with Gasteiger partial charge in [-0.15, -0.1) is 0 Å². The Labute approximate surface area is 108 Å². The molecule has 0 fully saturated rings. The van der Waals surface area contributed by atoms with E-state index >= 15 is 0 Å². The van der Waals surface area contributed by atoms with Gasteiger partial charge in [-0.2, -0.15) is 0 Å². The molecule has 4 nitrogen and oxygen atoms in total. The Kier molecular flexibility index (Phi) is 3.89. The molecule has 1 heterocycles. The normalized spacial score (nSPS) is 10.5. The zero-order valence-corrected chi connectivity index (χ0v) is 10.2. The molecule has 19 heavy (non-hydrogen) atoms. The number of halogens is 2. The van der Waals surface area contributed by atoms with E-state index in [0.717, 1.165) is 12.1 Å². The number of amides is 1. The molecule has 0 aliphatic rings. The Morgan fingerprint density at radius 2 is 2.16 bits per heavy atom. The minimum atomic E-state index is -0.735. The minimum Gasteiger partial charge on any atom is -0.356 e. The number of carbonyl (C=O) groups is 1. The number of hydrogen-bond acceptors (Lipinski definition) is 3. The second kappa shape index (κ2) is 5.60. The lowest BCUT2D eigenvalue weighted by Crippen LogP contribution is -2.24. The zero-order valence-electron chi connectivity index (χ0n) is 10.2. The average molecular weight is 266 g/mol. The van der Waals surface area contributed by atoms with Gasteiger partial charge in [-0.25, -0.2) is 8.78 Å². The van der Waals surface area contributed by atoms with Crippen LogP contribution in [0.25, 0.3) is 11.3 Å². The van der Waals surface area contributed by atoms with E-state index in [1.807, 2.05) is 0 Å². The molecule has 0 unspecified atom stereocenters. The van der Waals surface area contributed by atoms with Gasteiger partial charge in [0.05, 0.1) is 17.7 Å². The van der Waals surface area contributed by atoms with Crippen LogP contribution in [0, 0.1) is 11.6 Å². The number of aromatic nitrogens is 1. The van der Waals surface area contributed by atoms with Crippen LogP contribution < -0.4 is 5.32 Å². The number of carbonyl (C=O) groups excluding carboxylic acids is 1. The van der Waals surface area contributed by atoms with Crippen LogP contribution in [0.2, 0.25) is 0 Å². The molecule has 0 atom stereocenters. The van der Waals surface area contributed by atoms with E-state index < -0.39 is 11.6 Å². The van der Waals surface area contributed by atoms with Crippen LogP contribution in [0.15, 0.2) is 28.8 Å². The van der Waals surface area contributed by atoms with E-state index in [1.54, 1.807) is 6.92 Å². The monoisotopic (exact) mass is 266 g/mol. The van der Waals surface area contributed by atoms with Gasteiger partial charge in [0.1, 0.15) is 11.6 Å². The van der Waals surface area contributed by atoms with Gasteiger partial charge in [0.2, 0.25) is 5.91 Å². The van der Waals surface area contributed by atoms with Crippen molar-refractivity contribution in [2.75, 3.05) is 6.54 Å². The number of hydrogen-bond donors (Lipinski definition) is 1. The van der Waals surface area contributed by atoms with Gasteiger partial charge in [-0.1, -0.05) is 5.16 Å². The average Bonchev–Trinajstić information content (AvgIpc) is 2.77. The van der Waals surface area contributed by atoms with Gasteiger partial charge in [0.15, 0.2) is 5.76 Å². The summed E-state index contributed by atoms with van der Waals surface area (Å²) in [6.45, 7) is 2.33. The van der Waals surface area contributed by atoms with Crippen molar-refractivity contribution in [3.05, 3.63) is 41.6 Å². The number of rotatable bonds is 4. The van der Waals surface area contributed by atoms with Crippen molar-refractivity contribution < 1.29 is 18.1 Å². The van der Waals surface area contributed by atoms with Gasteiger partial charge in [0.25, 0.3) is 0 Å². The molecular weight excluding hydrogens is 254 g/mol. The largest absolute Gasteiger partial charge is 0.356 e. The summed E-state index contributed by atoms with van der Waals surface area (Å²) in [5.74, 6) is -1.43. The first-order chi connectivity index (χ1) is 9.10. The Bertz CT molecular complexity index is 596. The Balaban J connectivity index is 2.18. The summed E-state index contributed by atoms with van der Waals surface area (Å²) < 4.78 is 31.3. The molecule has 6 heteroatoms. The topological polar surface area (TPSA) is 55.1 Å². The maximum absolute atomic E-state index is 13.5. The van der Waals surface area contributed by atoms with Crippen molar-refractivity contribution in [1.82, 2.24) is 10.5 Å². The summed E-state index contributed by atoms with van der Waals surface area (Å²) in [6.07, 6.45) is 0.0557. The second-order valence-electron chi connectivity index (χ2n) is 3.94. The fraction of sp³-hybridized carbons (Fsp3) is 0.231. The van der Waals surface area contributed by atoms with Gasteiger partial charge in [0, 0.05) is 18.7 Å². The van der Waals surface area contributed by atoms with Crippen molar-refractivity contribution in [1.29, 1.82) is 0 Å². The van der Waals surface area contributed by atoms with Crippen molar-refractivity contribution in [3.8, 4) is 11.3 Å². The first-order valence-corrected chi connectivity index (χ1v) is 5.78. The van der Waals surface area contributed by atoms with E-state index in [4.69, 9.17) is 4.52 Å². The summed E-state index contributed by atoms with van der Waals surface area (Å²) in [5, 5.41) is 6.30. The van der Waals surface area contributed by atoms with Gasteiger partial charge >= 0.3 is 0 Å². The second-order valence-corrected chi connectivity index (χ2v) is 3.94. The predicted octanol–water partition coefficient (Wildman–Crippen LogP) is 2.30. The molecule has 2 aromatic rings. The third kappa shape index (κ3) is 3.15. The standard InChI is InChI=1S/C13H12F2N2O2/c1-2-16-13(18)7-9-6-12(19-17-9)10-4-3-8(14)5-11(10)15/h3-6H,2,7H2,1H3,(H,16,18). The fourth-order valence-electron chi connectivity index (χ4n) is 1.64. The molecule has 1 aromatic carbocycles. The molecule has 100 valence electrons. The number of benzene rings is 1. The Morgan fingerprint density at radius 3 is 2.84 bits per heavy atom. The lowest BCUT2D eigenvalue weighted by Gasteiger charge is -1.98. The van der Waals surface area contributed by atoms with E-state index in [9.17, 15) is 13.6 Å². The minimum absolute atomic E-state index is 0.0557. The van der Waals surface area contributed by atoms with Gasteiger partial charge in [-0.05, 0) is 19.1 Å². The van der Waals surface area contributed by atoms with Crippen LogP contribution in [-0.2, 0) is 11.2 Å². The first-order valence-electron chi connectivity index (χ1n) is 5.78.